The number of aromatic amines is 2. The fourth-order valence-electron chi connectivity index (χ4n) is 2.30. The first-order valence-electron chi connectivity index (χ1n) is 7.06. The van der Waals surface area contributed by atoms with Crippen LogP contribution in [-0.2, 0) is 0 Å². The summed E-state index contributed by atoms with van der Waals surface area (Å²) in [7, 11) is 5.04. The maximum atomic E-state index is 12.0. The second-order valence-corrected chi connectivity index (χ2v) is 5.25. The van der Waals surface area contributed by atoms with Gasteiger partial charge in [-0.25, -0.2) is 0 Å². The third-order valence-corrected chi connectivity index (χ3v) is 3.48. The van der Waals surface area contributed by atoms with Gasteiger partial charge in [-0.2, -0.15) is 15.4 Å². The van der Waals surface area contributed by atoms with Gasteiger partial charge in [-0.05, 0) is 18.2 Å². The summed E-state index contributed by atoms with van der Waals surface area (Å²) in [6, 6.07) is 9.35. The van der Waals surface area contributed by atoms with Gasteiger partial charge in [0.05, 0.1) is 7.11 Å². The van der Waals surface area contributed by atoms with Gasteiger partial charge in [0.15, 0.2) is 0 Å². The number of aromatic nitrogens is 4. The molecule has 0 aliphatic heterocycles. The number of carbonyl (C=O) groups excluding carboxylic acids is 1. The molecule has 0 fully saturated rings. The third-order valence-electron chi connectivity index (χ3n) is 3.48. The zero-order chi connectivity index (χ0) is 16.4. The molecule has 7 nitrogen and oxygen atoms in total. The van der Waals surface area contributed by atoms with Crippen molar-refractivity contribution in [2.24, 2.45) is 0 Å². The third kappa shape index (κ3) is 2.80. The molecular formula is C16H17N5O2. The first-order valence-corrected chi connectivity index (χ1v) is 7.06. The first-order chi connectivity index (χ1) is 11.1. The van der Waals surface area contributed by atoms with E-state index in [-0.39, 0.29) is 5.91 Å². The zero-order valence-corrected chi connectivity index (χ0v) is 13.1. The summed E-state index contributed by atoms with van der Waals surface area (Å²) in [6.07, 6.45) is 1.75. The van der Waals surface area contributed by atoms with Crippen molar-refractivity contribution in [3.05, 3.63) is 42.2 Å². The normalized spacial score (nSPS) is 10.6. The molecule has 3 rings (SSSR count). The van der Waals surface area contributed by atoms with E-state index < -0.39 is 0 Å². The van der Waals surface area contributed by atoms with E-state index >= 15 is 0 Å². The van der Waals surface area contributed by atoms with Gasteiger partial charge in [0, 0.05) is 31.4 Å². The average Bonchev–Trinajstić information content (AvgIpc) is 3.22. The Labute approximate surface area is 133 Å². The summed E-state index contributed by atoms with van der Waals surface area (Å²) in [5, 5.41) is 11.1. The Kier molecular flexibility index (Phi) is 3.84. The minimum atomic E-state index is -0.0947. The molecular weight excluding hydrogens is 294 g/mol. The van der Waals surface area contributed by atoms with E-state index in [0.29, 0.717) is 17.1 Å². The van der Waals surface area contributed by atoms with E-state index in [1.165, 1.54) is 4.90 Å². The topological polar surface area (TPSA) is 86.9 Å². The summed E-state index contributed by atoms with van der Waals surface area (Å²) < 4.78 is 5.25. The van der Waals surface area contributed by atoms with Crippen LogP contribution >= 0.6 is 0 Å². The molecule has 7 heteroatoms. The number of nitrogens with zero attached hydrogens (tertiary/aromatic N) is 3. The number of benzene rings is 1. The number of carbonyl (C=O) groups is 1. The van der Waals surface area contributed by atoms with Crippen LogP contribution in [0.5, 0.6) is 5.75 Å². The average molecular weight is 311 g/mol. The maximum Gasteiger partial charge on any atom is 0.269 e. The number of hydrogen-bond acceptors (Lipinski definition) is 4. The second-order valence-electron chi connectivity index (χ2n) is 5.25. The van der Waals surface area contributed by atoms with Crippen molar-refractivity contribution in [3.63, 3.8) is 0 Å². The molecule has 0 aliphatic rings. The summed E-state index contributed by atoms with van der Waals surface area (Å²) in [5.41, 5.74) is 3.56. The Morgan fingerprint density at radius 1 is 1.13 bits per heavy atom. The molecule has 118 valence electrons. The standard InChI is InChI=1S/C16H17N5O2/c1-21(2)16(22)13-8-11(9-17-13)15-14(18-20-19-15)10-5-4-6-12(7-10)23-3/h4-9,17H,1-3H3,(H,18,19,20). The minimum Gasteiger partial charge on any atom is -0.497 e. The molecule has 1 aromatic carbocycles. The highest BCUT2D eigenvalue weighted by Gasteiger charge is 2.17. The number of nitrogens with one attached hydrogen (secondary N) is 2. The van der Waals surface area contributed by atoms with Crippen molar-refractivity contribution in [3.8, 4) is 28.3 Å². The number of rotatable bonds is 4. The lowest BCUT2D eigenvalue weighted by molar-refractivity contribution is 0.0822. The summed E-state index contributed by atoms with van der Waals surface area (Å²) in [5.74, 6) is 0.650. The van der Waals surface area contributed by atoms with Gasteiger partial charge < -0.3 is 14.6 Å². The van der Waals surface area contributed by atoms with Gasteiger partial charge >= 0.3 is 0 Å². The summed E-state index contributed by atoms with van der Waals surface area (Å²) >= 11 is 0. The van der Waals surface area contributed by atoms with Crippen LogP contribution in [0.2, 0.25) is 0 Å². The van der Waals surface area contributed by atoms with Crippen molar-refractivity contribution in [1.29, 1.82) is 0 Å². The molecule has 0 spiro atoms. The van der Waals surface area contributed by atoms with Crippen molar-refractivity contribution < 1.29 is 9.53 Å². The van der Waals surface area contributed by atoms with Gasteiger partial charge in [-0.1, -0.05) is 12.1 Å². The predicted octanol–water partition coefficient (Wildman–Crippen LogP) is 2.18. The first kappa shape index (κ1) is 14.8. The SMILES string of the molecule is COc1cccc(-c2n[nH]nc2-c2c[nH]c(C(=O)N(C)C)c2)c1. The molecule has 0 bridgehead atoms. The highest BCUT2D eigenvalue weighted by molar-refractivity contribution is 5.94. The van der Waals surface area contributed by atoms with E-state index in [1.54, 1.807) is 33.5 Å². The summed E-state index contributed by atoms with van der Waals surface area (Å²) in [6.45, 7) is 0. The minimum absolute atomic E-state index is 0.0947. The maximum absolute atomic E-state index is 12.0. The number of H-pyrrole nitrogens is 2. The molecule has 2 N–H and O–H groups in total. The Bertz CT molecular complexity index is 834. The number of hydrogen-bond donors (Lipinski definition) is 2. The van der Waals surface area contributed by atoms with E-state index in [2.05, 4.69) is 20.4 Å². The van der Waals surface area contributed by atoms with Crippen LogP contribution in [0.4, 0.5) is 0 Å². The van der Waals surface area contributed by atoms with Crippen LogP contribution in [0.15, 0.2) is 36.5 Å². The highest BCUT2D eigenvalue weighted by atomic mass is 16.5. The molecule has 0 radical (unpaired) electrons. The molecule has 0 atom stereocenters. The molecule has 0 saturated heterocycles. The largest absolute Gasteiger partial charge is 0.497 e. The quantitative estimate of drug-likeness (QED) is 0.773. The molecule has 0 aliphatic carbocycles. The van der Waals surface area contributed by atoms with Gasteiger partial charge in [-0.3, -0.25) is 4.79 Å². The van der Waals surface area contributed by atoms with Crippen LogP contribution in [0, 0.1) is 0 Å². The molecule has 3 aromatic rings. The zero-order valence-electron chi connectivity index (χ0n) is 13.1. The number of amides is 1. The van der Waals surface area contributed by atoms with Gasteiger partial charge in [0.2, 0.25) is 0 Å². The molecule has 2 aromatic heterocycles. The van der Waals surface area contributed by atoms with Crippen molar-refractivity contribution in [2.75, 3.05) is 21.2 Å². The molecule has 0 unspecified atom stereocenters. The predicted molar refractivity (Wildman–Crippen MR) is 86.2 cm³/mol. The Balaban J connectivity index is 2.00. The molecule has 23 heavy (non-hydrogen) atoms. The number of methoxy groups -OCH3 is 1. The van der Waals surface area contributed by atoms with E-state index in [9.17, 15) is 4.79 Å². The Morgan fingerprint density at radius 2 is 1.87 bits per heavy atom. The van der Waals surface area contributed by atoms with Crippen molar-refractivity contribution in [2.45, 2.75) is 0 Å². The van der Waals surface area contributed by atoms with E-state index in [4.69, 9.17) is 4.74 Å². The summed E-state index contributed by atoms with van der Waals surface area (Å²) in [4.78, 5) is 16.5. The van der Waals surface area contributed by atoms with Crippen molar-refractivity contribution >= 4 is 5.91 Å². The Morgan fingerprint density at radius 3 is 2.57 bits per heavy atom. The van der Waals surface area contributed by atoms with Gasteiger partial charge in [-0.15, -0.1) is 0 Å². The lowest BCUT2D eigenvalue weighted by Crippen LogP contribution is -2.21. The second kappa shape index (κ2) is 5.96. The lowest BCUT2D eigenvalue weighted by Gasteiger charge is -2.07. The fraction of sp³-hybridized carbons (Fsp3) is 0.188. The molecule has 1 amide bonds. The monoisotopic (exact) mass is 311 g/mol. The van der Waals surface area contributed by atoms with Crippen LogP contribution in [0.3, 0.4) is 0 Å². The molecule has 2 heterocycles. The van der Waals surface area contributed by atoms with Crippen LogP contribution in [0.25, 0.3) is 22.5 Å². The van der Waals surface area contributed by atoms with Crippen LogP contribution < -0.4 is 4.74 Å². The molecule has 0 saturated carbocycles. The van der Waals surface area contributed by atoms with E-state index in [1.807, 2.05) is 24.3 Å². The van der Waals surface area contributed by atoms with Gasteiger partial charge in [0.25, 0.3) is 5.91 Å². The van der Waals surface area contributed by atoms with E-state index in [0.717, 1.165) is 16.9 Å². The van der Waals surface area contributed by atoms with Crippen LogP contribution in [-0.4, -0.2) is 52.4 Å². The number of ether oxygens (including phenoxy) is 1. The van der Waals surface area contributed by atoms with Crippen molar-refractivity contribution in [1.82, 2.24) is 25.3 Å². The van der Waals surface area contributed by atoms with Gasteiger partial charge in [0.1, 0.15) is 22.8 Å². The highest BCUT2D eigenvalue weighted by Crippen LogP contribution is 2.30. The van der Waals surface area contributed by atoms with Crippen LogP contribution in [0.1, 0.15) is 10.5 Å². The fourth-order valence-corrected chi connectivity index (χ4v) is 2.30. The Hall–Kier alpha value is -3.09. The smallest absolute Gasteiger partial charge is 0.269 e. The lowest BCUT2D eigenvalue weighted by atomic mass is 10.1.